The molecule has 1 aliphatic heterocycles. The molecule has 6 heteroatoms. The summed E-state index contributed by atoms with van der Waals surface area (Å²) < 4.78 is 0. The highest BCUT2D eigenvalue weighted by Gasteiger charge is 2.33. The van der Waals surface area contributed by atoms with E-state index in [9.17, 15) is 9.59 Å². The first-order chi connectivity index (χ1) is 9.09. The van der Waals surface area contributed by atoms with Crippen molar-refractivity contribution in [3.05, 3.63) is 40.9 Å². The number of halogens is 1. The maximum Gasteiger partial charge on any atom is 0.327 e. The summed E-state index contributed by atoms with van der Waals surface area (Å²) in [5.41, 5.74) is 0.733. The molecule has 0 aromatic heterocycles. The lowest BCUT2D eigenvalue weighted by atomic mass is 10.2. The van der Waals surface area contributed by atoms with Gasteiger partial charge in [0.25, 0.3) is 0 Å². The summed E-state index contributed by atoms with van der Waals surface area (Å²) >= 11 is 7.41. The summed E-state index contributed by atoms with van der Waals surface area (Å²) in [6, 6.07) is 6.41. The van der Waals surface area contributed by atoms with Crippen LogP contribution in [0.25, 0.3) is 6.08 Å². The first kappa shape index (κ1) is 14.0. The zero-order chi connectivity index (χ0) is 13.8. The van der Waals surface area contributed by atoms with Crippen LogP contribution in [0.15, 0.2) is 30.3 Å². The number of amides is 1. The Morgan fingerprint density at radius 3 is 2.84 bits per heavy atom. The topological polar surface area (TPSA) is 57.6 Å². The van der Waals surface area contributed by atoms with Gasteiger partial charge in [-0.05, 0) is 17.7 Å². The normalized spacial score (nSPS) is 19.0. The molecular weight excluding hydrogens is 286 g/mol. The van der Waals surface area contributed by atoms with Crippen LogP contribution in [0.5, 0.6) is 0 Å². The van der Waals surface area contributed by atoms with E-state index in [1.165, 1.54) is 22.7 Å². The smallest absolute Gasteiger partial charge is 0.327 e. The molecule has 0 radical (unpaired) electrons. The highest BCUT2D eigenvalue weighted by Crippen LogP contribution is 2.22. The number of carboxylic acids is 1. The highest BCUT2D eigenvalue weighted by molar-refractivity contribution is 7.99. The van der Waals surface area contributed by atoms with Crippen LogP contribution in [0.1, 0.15) is 5.56 Å². The number of thioether (sulfide) groups is 1. The minimum absolute atomic E-state index is 0.308. The van der Waals surface area contributed by atoms with Gasteiger partial charge in [0.05, 0.1) is 5.88 Å². The quantitative estimate of drug-likeness (QED) is 0.870. The molecule has 0 saturated carbocycles. The summed E-state index contributed by atoms with van der Waals surface area (Å²) in [5, 5.41) is 9.56. The molecule has 4 nitrogen and oxygen atoms in total. The van der Waals surface area contributed by atoms with E-state index >= 15 is 0 Å². The van der Waals surface area contributed by atoms with Crippen LogP contribution in [-0.2, 0) is 9.59 Å². The molecule has 1 fully saturated rings. The molecule has 2 rings (SSSR count). The monoisotopic (exact) mass is 297 g/mol. The van der Waals surface area contributed by atoms with Gasteiger partial charge in [0.1, 0.15) is 6.04 Å². The van der Waals surface area contributed by atoms with Crippen LogP contribution in [0.4, 0.5) is 0 Å². The molecule has 0 spiro atoms. The van der Waals surface area contributed by atoms with Crippen LogP contribution in [-0.4, -0.2) is 39.6 Å². The zero-order valence-electron chi connectivity index (χ0n) is 9.95. The van der Waals surface area contributed by atoms with E-state index in [2.05, 4.69) is 0 Å². The largest absolute Gasteiger partial charge is 0.480 e. The summed E-state index contributed by atoms with van der Waals surface area (Å²) in [6.07, 6.45) is 2.97. The number of rotatable bonds is 3. The molecule has 0 bridgehead atoms. The van der Waals surface area contributed by atoms with Crippen molar-refractivity contribution in [2.24, 2.45) is 0 Å². The number of carboxylic acid groups (broad SMARTS) is 1. The molecule has 1 aromatic carbocycles. The Morgan fingerprint density at radius 1 is 1.42 bits per heavy atom. The van der Waals surface area contributed by atoms with Gasteiger partial charge in [-0.2, -0.15) is 0 Å². The molecule has 0 aliphatic carbocycles. The van der Waals surface area contributed by atoms with E-state index in [1.54, 1.807) is 24.3 Å². The maximum atomic E-state index is 12.0. The third-order valence-electron chi connectivity index (χ3n) is 2.76. The fourth-order valence-electron chi connectivity index (χ4n) is 1.73. The highest BCUT2D eigenvalue weighted by atomic mass is 35.5. The molecule has 19 heavy (non-hydrogen) atoms. The Morgan fingerprint density at radius 2 is 2.16 bits per heavy atom. The third kappa shape index (κ3) is 3.30. The minimum atomic E-state index is -0.968. The van der Waals surface area contributed by atoms with Gasteiger partial charge in [0.2, 0.25) is 5.91 Å². The first-order valence-corrected chi connectivity index (χ1v) is 7.16. The number of carbonyl (C=O) groups excluding carboxylic acids is 1. The molecule has 1 heterocycles. The van der Waals surface area contributed by atoms with Crippen molar-refractivity contribution < 1.29 is 14.7 Å². The number of nitrogens with zero attached hydrogens (tertiary/aromatic N) is 1. The van der Waals surface area contributed by atoms with Gasteiger partial charge in [-0.1, -0.05) is 29.8 Å². The van der Waals surface area contributed by atoms with E-state index in [4.69, 9.17) is 16.7 Å². The van der Waals surface area contributed by atoms with Crippen LogP contribution in [0.2, 0.25) is 5.02 Å². The second kappa shape index (κ2) is 6.12. The van der Waals surface area contributed by atoms with Crippen molar-refractivity contribution in [1.29, 1.82) is 0 Å². The molecule has 0 unspecified atom stereocenters. The Kier molecular flexibility index (Phi) is 4.50. The van der Waals surface area contributed by atoms with Crippen LogP contribution >= 0.6 is 23.4 Å². The number of benzene rings is 1. The lowest BCUT2D eigenvalue weighted by Crippen LogP contribution is -2.40. The van der Waals surface area contributed by atoms with Crippen LogP contribution < -0.4 is 0 Å². The maximum absolute atomic E-state index is 12.0. The Balaban J connectivity index is 2.09. The Hall–Kier alpha value is -1.46. The van der Waals surface area contributed by atoms with Gasteiger partial charge in [-0.25, -0.2) is 4.79 Å². The first-order valence-electron chi connectivity index (χ1n) is 5.63. The molecule has 1 aliphatic rings. The molecule has 1 amide bonds. The van der Waals surface area contributed by atoms with E-state index in [0.717, 1.165) is 5.56 Å². The van der Waals surface area contributed by atoms with E-state index in [0.29, 0.717) is 16.7 Å². The van der Waals surface area contributed by atoms with Gasteiger partial charge >= 0.3 is 5.97 Å². The fraction of sp³-hybridized carbons (Fsp3) is 0.231. The van der Waals surface area contributed by atoms with Gasteiger partial charge in [0, 0.05) is 16.9 Å². The van der Waals surface area contributed by atoms with Crippen molar-refractivity contribution in [1.82, 2.24) is 4.90 Å². The zero-order valence-corrected chi connectivity index (χ0v) is 11.5. The van der Waals surface area contributed by atoms with Gasteiger partial charge in [-0.15, -0.1) is 11.8 Å². The summed E-state index contributed by atoms with van der Waals surface area (Å²) in [5.74, 6) is -0.439. The SMILES string of the molecule is O=C(O)[C@@H]1CSCN1C(=O)/C=C/c1ccccc1Cl. The van der Waals surface area contributed by atoms with Crippen molar-refractivity contribution in [2.45, 2.75) is 6.04 Å². The van der Waals surface area contributed by atoms with Gasteiger partial charge in [0.15, 0.2) is 0 Å². The lowest BCUT2D eigenvalue weighted by molar-refractivity contribution is -0.146. The van der Waals surface area contributed by atoms with Crippen LogP contribution in [0, 0.1) is 0 Å². The Labute approximate surface area is 120 Å². The second-order valence-corrected chi connectivity index (χ2v) is 5.42. The molecule has 1 atom stereocenters. The standard InChI is InChI=1S/C13H12ClNO3S/c14-10-4-2-1-3-9(10)5-6-12(16)15-8-19-7-11(15)13(17)18/h1-6,11H,7-8H2,(H,17,18)/b6-5+/t11-/m0/s1. The predicted molar refractivity (Wildman–Crippen MR) is 76.1 cm³/mol. The van der Waals surface area contributed by atoms with E-state index in [1.807, 2.05) is 6.07 Å². The molecule has 1 N–H and O–H groups in total. The third-order valence-corrected chi connectivity index (χ3v) is 4.12. The predicted octanol–water partition coefficient (Wildman–Crippen LogP) is 2.34. The van der Waals surface area contributed by atoms with Crippen molar-refractivity contribution >= 4 is 41.3 Å². The number of aliphatic carboxylic acids is 1. The Bertz CT molecular complexity index is 532. The fourth-order valence-corrected chi connectivity index (χ4v) is 3.09. The average Bonchev–Trinajstić information content (AvgIpc) is 2.87. The van der Waals surface area contributed by atoms with Crippen molar-refractivity contribution in [2.75, 3.05) is 11.6 Å². The average molecular weight is 298 g/mol. The second-order valence-electron chi connectivity index (χ2n) is 4.02. The molecule has 100 valence electrons. The van der Waals surface area contributed by atoms with Crippen molar-refractivity contribution in [3.8, 4) is 0 Å². The van der Waals surface area contributed by atoms with Crippen LogP contribution in [0.3, 0.4) is 0 Å². The summed E-state index contributed by atoms with van der Waals surface area (Å²) in [6.45, 7) is 0. The van der Waals surface area contributed by atoms with Gasteiger partial charge < -0.3 is 10.0 Å². The number of hydrogen-bond donors (Lipinski definition) is 1. The molecular formula is C13H12ClNO3S. The van der Waals surface area contributed by atoms with E-state index in [-0.39, 0.29) is 5.91 Å². The van der Waals surface area contributed by atoms with Gasteiger partial charge in [-0.3, -0.25) is 4.79 Å². The number of hydrogen-bond acceptors (Lipinski definition) is 3. The lowest BCUT2D eigenvalue weighted by Gasteiger charge is -2.18. The summed E-state index contributed by atoms with van der Waals surface area (Å²) in [4.78, 5) is 24.3. The van der Waals surface area contributed by atoms with E-state index < -0.39 is 12.0 Å². The summed E-state index contributed by atoms with van der Waals surface area (Å²) in [7, 11) is 0. The van der Waals surface area contributed by atoms with Crippen molar-refractivity contribution in [3.63, 3.8) is 0 Å². The molecule has 1 saturated heterocycles. The molecule has 1 aromatic rings. The minimum Gasteiger partial charge on any atom is -0.480 e. The number of carbonyl (C=O) groups is 2.